The van der Waals surface area contributed by atoms with Gasteiger partial charge in [-0.05, 0) is 51.5 Å². The van der Waals surface area contributed by atoms with Gasteiger partial charge in [0.2, 0.25) is 0 Å². The zero-order chi connectivity index (χ0) is 13.7. The first-order chi connectivity index (χ1) is 9.22. The van der Waals surface area contributed by atoms with Gasteiger partial charge in [0.05, 0.1) is 12.2 Å². The van der Waals surface area contributed by atoms with Crippen LogP contribution in [0.15, 0.2) is 0 Å². The molecule has 0 amide bonds. The number of likely N-dealkylation sites (N-methyl/N-ethyl adjacent to an activating group) is 1. The average Bonchev–Trinajstić information content (AvgIpc) is 2.93. The summed E-state index contributed by atoms with van der Waals surface area (Å²) in [6, 6.07) is 0.465. The van der Waals surface area contributed by atoms with E-state index in [2.05, 4.69) is 26.1 Å². The average molecular weight is 269 g/mol. The lowest BCUT2D eigenvalue weighted by Gasteiger charge is -2.47. The van der Waals surface area contributed by atoms with Crippen LogP contribution in [0.1, 0.15) is 52.9 Å². The zero-order valence-electron chi connectivity index (χ0n) is 12.9. The summed E-state index contributed by atoms with van der Waals surface area (Å²) in [5.74, 6) is 1.48. The summed E-state index contributed by atoms with van der Waals surface area (Å²) in [6.45, 7) is 10.4. The molecular weight excluding hydrogens is 238 g/mol. The Kier molecular flexibility index (Phi) is 5.67. The molecule has 0 aromatic carbocycles. The van der Waals surface area contributed by atoms with Crippen molar-refractivity contribution in [2.75, 3.05) is 26.4 Å². The van der Waals surface area contributed by atoms with Gasteiger partial charge in [0.15, 0.2) is 0 Å². The molecular formula is C16H31NO2. The molecule has 1 N–H and O–H groups in total. The van der Waals surface area contributed by atoms with Crippen molar-refractivity contribution in [1.82, 2.24) is 5.32 Å². The highest BCUT2D eigenvalue weighted by molar-refractivity contribution is 5.00. The van der Waals surface area contributed by atoms with Gasteiger partial charge in [0.1, 0.15) is 0 Å². The van der Waals surface area contributed by atoms with Gasteiger partial charge in [0.25, 0.3) is 0 Å². The van der Waals surface area contributed by atoms with Crippen LogP contribution in [0.3, 0.4) is 0 Å². The summed E-state index contributed by atoms with van der Waals surface area (Å²) in [6.07, 6.45) is 6.19. The van der Waals surface area contributed by atoms with E-state index in [9.17, 15) is 0 Å². The second-order valence-corrected chi connectivity index (χ2v) is 6.34. The van der Waals surface area contributed by atoms with Crippen molar-refractivity contribution in [3.63, 3.8) is 0 Å². The Morgan fingerprint density at radius 2 is 2.00 bits per heavy atom. The lowest BCUT2D eigenvalue weighted by molar-refractivity contribution is -0.108. The Morgan fingerprint density at radius 3 is 2.53 bits per heavy atom. The number of hydrogen-bond donors (Lipinski definition) is 1. The van der Waals surface area contributed by atoms with Gasteiger partial charge >= 0.3 is 0 Å². The molecule has 19 heavy (non-hydrogen) atoms. The Bertz CT molecular complexity index is 255. The first-order valence-corrected chi connectivity index (χ1v) is 8.17. The summed E-state index contributed by atoms with van der Waals surface area (Å²) in [4.78, 5) is 0. The van der Waals surface area contributed by atoms with Crippen molar-refractivity contribution >= 4 is 0 Å². The van der Waals surface area contributed by atoms with E-state index >= 15 is 0 Å². The van der Waals surface area contributed by atoms with Gasteiger partial charge in [-0.1, -0.05) is 13.8 Å². The van der Waals surface area contributed by atoms with Crippen LogP contribution in [-0.4, -0.2) is 38.0 Å². The Labute approximate surface area is 118 Å². The third-order valence-electron chi connectivity index (χ3n) is 4.98. The molecule has 1 saturated heterocycles. The molecule has 0 aromatic rings. The summed E-state index contributed by atoms with van der Waals surface area (Å²) in [5.41, 5.74) is 0.0512. The third kappa shape index (κ3) is 3.50. The van der Waals surface area contributed by atoms with Gasteiger partial charge in [-0.25, -0.2) is 0 Å². The van der Waals surface area contributed by atoms with E-state index in [-0.39, 0.29) is 5.60 Å². The van der Waals surface area contributed by atoms with Crippen molar-refractivity contribution in [1.29, 1.82) is 0 Å². The van der Waals surface area contributed by atoms with Crippen molar-refractivity contribution in [2.45, 2.75) is 64.5 Å². The van der Waals surface area contributed by atoms with E-state index in [1.165, 1.54) is 32.1 Å². The molecule has 0 radical (unpaired) electrons. The molecule has 2 fully saturated rings. The summed E-state index contributed by atoms with van der Waals surface area (Å²) in [7, 11) is 0. The maximum atomic E-state index is 6.33. The van der Waals surface area contributed by atoms with E-state index in [1.807, 2.05) is 0 Å². The van der Waals surface area contributed by atoms with Crippen LogP contribution < -0.4 is 5.32 Å². The molecule has 2 unspecified atom stereocenters. The maximum absolute atomic E-state index is 6.33. The Morgan fingerprint density at radius 1 is 1.26 bits per heavy atom. The van der Waals surface area contributed by atoms with Gasteiger partial charge in [-0.2, -0.15) is 0 Å². The minimum atomic E-state index is 0.0512. The van der Waals surface area contributed by atoms with Crippen LogP contribution >= 0.6 is 0 Å². The zero-order valence-corrected chi connectivity index (χ0v) is 12.9. The molecule has 2 aliphatic rings. The van der Waals surface area contributed by atoms with Crippen molar-refractivity contribution in [2.24, 2.45) is 11.8 Å². The summed E-state index contributed by atoms with van der Waals surface area (Å²) in [5, 5.41) is 3.73. The quantitative estimate of drug-likeness (QED) is 0.804. The van der Waals surface area contributed by atoms with Gasteiger partial charge < -0.3 is 14.8 Å². The van der Waals surface area contributed by atoms with Crippen LogP contribution in [0.25, 0.3) is 0 Å². The maximum Gasteiger partial charge on any atom is 0.0838 e. The molecule has 1 saturated carbocycles. The first-order valence-electron chi connectivity index (χ1n) is 8.17. The highest BCUT2D eigenvalue weighted by Crippen LogP contribution is 2.40. The number of ether oxygens (including phenoxy) is 2. The van der Waals surface area contributed by atoms with Crippen LogP contribution in [0.5, 0.6) is 0 Å². The fourth-order valence-corrected chi connectivity index (χ4v) is 3.90. The molecule has 2 rings (SSSR count). The van der Waals surface area contributed by atoms with E-state index in [0.717, 1.165) is 32.3 Å². The molecule has 0 bridgehead atoms. The lowest BCUT2D eigenvalue weighted by atomic mass is 9.71. The van der Waals surface area contributed by atoms with E-state index in [1.54, 1.807) is 0 Å². The van der Waals surface area contributed by atoms with E-state index in [4.69, 9.17) is 9.47 Å². The van der Waals surface area contributed by atoms with Gasteiger partial charge in [-0.3, -0.25) is 0 Å². The molecule has 0 aromatic heterocycles. The molecule has 1 aliphatic carbocycles. The first kappa shape index (κ1) is 15.3. The second-order valence-electron chi connectivity index (χ2n) is 6.34. The van der Waals surface area contributed by atoms with Crippen molar-refractivity contribution in [3.8, 4) is 0 Å². The topological polar surface area (TPSA) is 30.5 Å². The molecule has 112 valence electrons. The fraction of sp³-hybridized carbons (Fsp3) is 1.00. The minimum absolute atomic E-state index is 0.0512. The predicted molar refractivity (Wildman–Crippen MR) is 78.4 cm³/mol. The summed E-state index contributed by atoms with van der Waals surface area (Å²) >= 11 is 0. The summed E-state index contributed by atoms with van der Waals surface area (Å²) < 4.78 is 12.0. The Hall–Kier alpha value is -0.120. The molecule has 2 atom stereocenters. The normalized spacial score (nSPS) is 37.4. The van der Waals surface area contributed by atoms with Crippen LogP contribution in [0.2, 0.25) is 0 Å². The van der Waals surface area contributed by atoms with Crippen LogP contribution in [0.4, 0.5) is 0 Å². The smallest absolute Gasteiger partial charge is 0.0838 e. The molecule has 3 heteroatoms. The highest BCUT2D eigenvalue weighted by atomic mass is 16.5. The fourth-order valence-electron chi connectivity index (χ4n) is 3.90. The number of nitrogens with one attached hydrogen (secondary N) is 1. The van der Waals surface area contributed by atoms with Crippen LogP contribution in [-0.2, 0) is 9.47 Å². The SMILES string of the molecule is CCNC(C1CCOC1)C1(OCC)CCC(C)CC1. The molecule has 1 heterocycles. The molecule has 0 spiro atoms. The van der Waals surface area contributed by atoms with Crippen LogP contribution in [0, 0.1) is 11.8 Å². The highest BCUT2D eigenvalue weighted by Gasteiger charge is 2.45. The molecule has 3 nitrogen and oxygen atoms in total. The van der Waals surface area contributed by atoms with E-state index in [0.29, 0.717) is 12.0 Å². The van der Waals surface area contributed by atoms with Crippen molar-refractivity contribution < 1.29 is 9.47 Å². The lowest BCUT2D eigenvalue weighted by Crippen LogP contribution is -2.58. The van der Waals surface area contributed by atoms with Crippen molar-refractivity contribution in [3.05, 3.63) is 0 Å². The van der Waals surface area contributed by atoms with Gasteiger partial charge in [0, 0.05) is 25.2 Å². The third-order valence-corrected chi connectivity index (χ3v) is 4.98. The number of hydrogen-bond acceptors (Lipinski definition) is 3. The monoisotopic (exact) mass is 269 g/mol. The minimum Gasteiger partial charge on any atom is -0.381 e. The number of rotatable bonds is 6. The van der Waals surface area contributed by atoms with E-state index < -0.39 is 0 Å². The predicted octanol–water partition coefficient (Wildman–Crippen LogP) is 2.99. The molecule has 1 aliphatic heterocycles. The Balaban J connectivity index is 2.12. The standard InChI is InChI=1S/C16H31NO2/c1-4-17-15(14-8-11-18-12-14)16(19-5-2)9-6-13(3)7-10-16/h13-15,17H,4-12H2,1-3H3. The van der Waals surface area contributed by atoms with Gasteiger partial charge in [-0.15, -0.1) is 0 Å². The second kappa shape index (κ2) is 7.05. The largest absolute Gasteiger partial charge is 0.381 e.